The normalized spacial score (nSPS) is 12.3. The van der Waals surface area contributed by atoms with Crippen LogP contribution in [-0.4, -0.2) is 64.6 Å². The van der Waals surface area contributed by atoms with Crippen molar-refractivity contribution in [3.05, 3.63) is 0 Å². The smallest absolute Gasteiger partial charge is 0.111 e. The van der Waals surface area contributed by atoms with Gasteiger partial charge in [-0.15, -0.1) is 0 Å². The van der Waals surface area contributed by atoms with Crippen LogP contribution in [0.2, 0.25) is 0 Å². The zero-order valence-electron chi connectivity index (χ0n) is 12.1. The van der Waals surface area contributed by atoms with Crippen molar-refractivity contribution < 1.29 is 24.1 Å². The van der Waals surface area contributed by atoms with E-state index >= 15 is 0 Å². The largest absolute Gasteiger partial charge is 0.385 e. The summed E-state index contributed by atoms with van der Waals surface area (Å²) in [5.74, 6) is 0.382. The fraction of sp³-hybridized carbons (Fsp3) is 1.00. The van der Waals surface area contributed by atoms with E-state index in [4.69, 9.17) is 18.9 Å². The molecule has 0 radical (unpaired) electrons. The molecular weight excluding hydrogens is 236 g/mol. The molecule has 0 aliphatic heterocycles. The third-order valence-electron chi connectivity index (χ3n) is 2.39. The fourth-order valence-corrected chi connectivity index (χ4v) is 1.73. The second-order valence-corrected chi connectivity index (χ2v) is 4.91. The Labute approximate surface area is 110 Å². The first kappa shape index (κ1) is 17.8. The average molecular weight is 264 g/mol. The lowest BCUT2D eigenvalue weighted by Gasteiger charge is -2.29. The van der Waals surface area contributed by atoms with Gasteiger partial charge in [0.1, 0.15) is 5.60 Å². The van der Waals surface area contributed by atoms with Crippen LogP contribution in [0.15, 0.2) is 0 Å². The van der Waals surface area contributed by atoms with Crippen molar-refractivity contribution in [3.63, 3.8) is 0 Å². The maximum absolute atomic E-state index is 10.4. The minimum atomic E-state index is -0.935. The highest BCUT2D eigenvalue weighted by Crippen LogP contribution is 2.18. The van der Waals surface area contributed by atoms with E-state index in [1.807, 2.05) is 0 Å². The predicted molar refractivity (Wildman–Crippen MR) is 69.8 cm³/mol. The van der Waals surface area contributed by atoms with Crippen molar-refractivity contribution in [1.82, 2.24) is 0 Å². The third-order valence-corrected chi connectivity index (χ3v) is 2.39. The summed E-state index contributed by atoms with van der Waals surface area (Å²) < 4.78 is 20.6. The summed E-state index contributed by atoms with van der Waals surface area (Å²) >= 11 is 0. The Morgan fingerprint density at radius 1 is 0.889 bits per heavy atom. The zero-order chi connectivity index (χ0) is 13.9. The van der Waals surface area contributed by atoms with Crippen molar-refractivity contribution in [1.29, 1.82) is 0 Å². The molecule has 0 aliphatic rings. The zero-order valence-corrected chi connectivity index (χ0v) is 12.1. The van der Waals surface area contributed by atoms with Gasteiger partial charge < -0.3 is 24.1 Å². The van der Waals surface area contributed by atoms with Crippen molar-refractivity contribution in [2.45, 2.75) is 25.9 Å². The Balaban J connectivity index is 3.99. The Kier molecular flexibility index (Phi) is 10.6. The molecule has 0 aromatic rings. The van der Waals surface area contributed by atoms with Gasteiger partial charge in [0.05, 0.1) is 39.6 Å². The quantitative estimate of drug-likeness (QED) is 0.535. The summed E-state index contributed by atoms with van der Waals surface area (Å²) in [4.78, 5) is 0. The molecule has 0 bridgehead atoms. The molecule has 0 fully saturated rings. The Morgan fingerprint density at radius 2 is 1.33 bits per heavy atom. The molecule has 0 aliphatic carbocycles. The number of aliphatic hydroxyl groups is 1. The van der Waals surface area contributed by atoms with E-state index < -0.39 is 5.60 Å². The number of hydrogen-bond acceptors (Lipinski definition) is 5. The van der Waals surface area contributed by atoms with E-state index in [2.05, 4.69) is 13.8 Å². The first-order valence-electron chi connectivity index (χ1n) is 6.40. The summed E-state index contributed by atoms with van der Waals surface area (Å²) in [5, 5.41) is 10.4. The van der Waals surface area contributed by atoms with Gasteiger partial charge in [0.2, 0.25) is 0 Å². The van der Waals surface area contributed by atoms with E-state index in [-0.39, 0.29) is 13.2 Å². The lowest BCUT2D eigenvalue weighted by molar-refractivity contribution is -0.113. The van der Waals surface area contributed by atoms with Gasteiger partial charge in [-0.3, -0.25) is 0 Å². The van der Waals surface area contributed by atoms with E-state index in [9.17, 15) is 5.11 Å². The minimum absolute atomic E-state index is 0.265. The van der Waals surface area contributed by atoms with Gasteiger partial charge in [-0.1, -0.05) is 13.8 Å². The highest BCUT2D eigenvalue weighted by molar-refractivity contribution is 4.79. The molecule has 5 heteroatoms. The van der Waals surface area contributed by atoms with Crippen molar-refractivity contribution in [2.75, 3.05) is 53.9 Å². The molecule has 0 rings (SSSR count). The van der Waals surface area contributed by atoms with Gasteiger partial charge in [-0.25, -0.2) is 0 Å². The molecular formula is C13H28O5. The maximum Gasteiger partial charge on any atom is 0.111 e. The Morgan fingerprint density at radius 3 is 1.67 bits per heavy atom. The van der Waals surface area contributed by atoms with Crippen LogP contribution >= 0.6 is 0 Å². The average Bonchev–Trinajstić information content (AvgIpc) is 2.30. The molecule has 5 nitrogen and oxygen atoms in total. The van der Waals surface area contributed by atoms with E-state index in [0.717, 1.165) is 0 Å². The van der Waals surface area contributed by atoms with Crippen molar-refractivity contribution in [2.24, 2.45) is 5.92 Å². The Bertz CT molecular complexity index is 172. The van der Waals surface area contributed by atoms with E-state index in [0.29, 0.717) is 38.8 Å². The molecule has 0 unspecified atom stereocenters. The van der Waals surface area contributed by atoms with Gasteiger partial charge in [0, 0.05) is 14.2 Å². The lowest BCUT2D eigenvalue weighted by Crippen LogP contribution is -2.41. The molecule has 110 valence electrons. The minimum Gasteiger partial charge on any atom is -0.385 e. The highest BCUT2D eigenvalue weighted by Gasteiger charge is 2.28. The van der Waals surface area contributed by atoms with Crippen molar-refractivity contribution in [3.8, 4) is 0 Å². The summed E-state index contributed by atoms with van der Waals surface area (Å²) in [7, 11) is 3.25. The van der Waals surface area contributed by atoms with E-state index in [1.165, 1.54) is 0 Å². The van der Waals surface area contributed by atoms with Gasteiger partial charge in [-0.2, -0.15) is 0 Å². The molecule has 1 N–H and O–H groups in total. The maximum atomic E-state index is 10.4. The summed E-state index contributed by atoms with van der Waals surface area (Å²) in [6, 6.07) is 0. The van der Waals surface area contributed by atoms with Crippen LogP contribution in [0.1, 0.15) is 20.3 Å². The molecule has 0 amide bonds. The number of ether oxygens (including phenoxy) is 4. The van der Waals surface area contributed by atoms with Crippen LogP contribution in [0.5, 0.6) is 0 Å². The Hall–Kier alpha value is -0.200. The van der Waals surface area contributed by atoms with Crippen LogP contribution in [0.3, 0.4) is 0 Å². The number of methoxy groups -OCH3 is 2. The molecule has 0 atom stereocenters. The molecule has 0 saturated carbocycles. The fourth-order valence-electron chi connectivity index (χ4n) is 1.73. The first-order chi connectivity index (χ1) is 8.54. The summed E-state index contributed by atoms with van der Waals surface area (Å²) in [6.45, 7) is 6.68. The van der Waals surface area contributed by atoms with E-state index in [1.54, 1.807) is 14.2 Å². The standard InChI is InChI=1S/C13H28O5/c1-12(2)9-13(14,10-17-7-5-15-3)11-18-8-6-16-4/h12,14H,5-11H2,1-4H3. The third kappa shape index (κ3) is 9.79. The molecule has 0 saturated heterocycles. The van der Waals surface area contributed by atoms with Crippen LogP contribution in [-0.2, 0) is 18.9 Å². The van der Waals surface area contributed by atoms with Crippen LogP contribution in [0.25, 0.3) is 0 Å². The number of rotatable bonds is 12. The summed E-state index contributed by atoms with van der Waals surface area (Å²) in [6.07, 6.45) is 0.646. The van der Waals surface area contributed by atoms with Gasteiger partial charge in [-0.05, 0) is 12.3 Å². The van der Waals surface area contributed by atoms with Gasteiger partial charge in [0.25, 0.3) is 0 Å². The van der Waals surface area contributed by atoms with Crippen LogP contribution in [0, 0.1) is 5.92 Å². The SMILES string of the molecule is COCCOCC(O)(COCCOC)CC(C)C. The predicted octanol–water partition coefficient (Wildman–Crippen LogP) is 1.09. The lowest BCUT2D eigenvalue weighted by atomic mass is 9.94. The second kappa shape index (κ2) is 10.7. The summed E-state index contributed by atoms with van der Waals surface area (Å²) in [5.41, 5.74) is -0.935. The first-order valence-corrected chi connectivity index (χ1v) is 6.40. The molecule has 0 heterocycles. The second-order valence-electron chi connectivity index (χ2n) is 4.91. The monoisotopic (exact) mass is 264 g/mol. The highest BCUT2D eigenvalue weighted by atomic mass is 16.5. The number of hydrogen-bond donors (Lipinski definition) is 1. The molecule has 18 heavy (non-hydrogen) atoms. The van der Waals surface area contributed by atoms with Crippen molar-refractivity contribution >= 4 is 0 Å². The van der Waals surface area contributed by atoms with Crippen LogP contribution < -0.4 is 0 Å². The topological polar surface area (TPSA) is 57.2 Å². The molecule has 0 spiro atoms. The van der Waals surface area contributed by atoms with Gasteiger partial charge >= 0.3 is 0 Å². The molecule has 0 aromatic heterocycles. The molecule has 0 aromatic carbocycles. The van der Waals surface area contributed by atoms with Crippen LogP contribution in [0.4, 0.5) is 0 Å². The van der Waals surface area contributed by atoms with Gasteiger partial charge in [0.15, 0.2) is 0 Å².